The number of hydrogen-bond donors (Lipinski definition) is 4. The summed E-state index contributed by atoms with van der Waals surface area (Å²) < 4.78 is 38.7. The van der Waals surface area contributed by atoms with Crippen LogP contribution in [0.1, 0.15) is 37.9 Å². The Morgan fingerprint density at radius 3 is 2.56 bits per heavy atom. The first-order valence-corrected chi connectivity index (χ1v) is 10.9. The molecule has 4 aliphatic carbocycles. The van der Waals surface area contributed by atoms with E-state index in [2.05, 4.69) is 30.6 Å². The number of nitrogens with zero attached hydrogens (tertiary/aromatic N) is 3. The van der Waals surface area contributed by atoms with Crippen LogP contribution < -0.4 is 10.6 Å². The molecule has 10 heteroatoms. The van der Waals surface area contributed by atoms with Gasteiger partial charge in [-0.15, -0.1) is 0 Å². The zero-order valence-electron chi connectivity index (χ0n) is 17.2. The van der Waals surface area contributed by atoms with Crippen LogP contribution in [-0.4, -0.2) is 36.7 Å². The third-order valence-corrected chi connectivity index (χ3v) is 7.22. The van der Waals surface area contributed by atoms with Crippen molar-refractivity contribution in [3.8, 4) is 0 Å². The van der Waals surface area contributed by atoms with Gasteiger partial charge in [0.25, 0.3) is 0 Å². The first kappa shape index (κ1) is 19.8. The van der Waals surface area contributed by atoms with Gasteiger partial charge in [0.05, 0.1) is 16.6 Å². The van der Waals surface area contributed by atoms with Gasteiger partial charge in [-0.2, -0.15) is 18.2 Å². The van der Waals surface area contributed by atoms with Gasteiger partial charge in [0, 0.05) is 17.9 Å². The molecular weight excluding hydrogens is 421 g/mol. The molecule has 4 N–H and O–H groups in total. The predicted octanol–water partition coefficient (Wildman–Crippen LogP) is 4.47. The zero-order valence-corrected chi connectivity index (χ0v) is 17.2. The van der Waals surface area contributed by atoms with Crippen molar-refractivity contribution in [2.24, 2.45) is 17.8 Å². The van der Waals surface area contributed by atoms with Gasteiger partial charge in [0.1, 0.15) is 5.82 Å². The van der Waals surface area contributed by atoms with Crippen molar-refractivity contribution in [3.63, 3.8) is 0 Å². The van der Waals surface area contributed by atoms with E-state index in [1.165, 1.54) is 6.07 Å². The Bertz CT molecular complexity index is 1160. The molecule has 7 nitrogen and oxygen atoms in total. The molecule has 0 aliphatic heterocycles. The average molecular weight is 444 g/mol. The average Bonchev–Trinajstić information content (AvgIpc) is 3.14. The minimum atomic E-state index is -4.52. The maximum Gasteiger partial charge on any atom is 0.449 e. The molecule has 1 aromatic carbocycles. The minimum absolute atomic E-state index is 0.239. The number of nitrogens with one attached hydrogen (secondary N) is 3. The van der Waals surface area contributed by atoms with Gasteiger partial charge in [-0.05, 0) is 74.1 Å². The summed E-state index contributed by atoms with van der Waals surface area (Å²) in [5, 5.41) is 17.4. The van der Waals surface area contributed by atoms with Gasteiger partial charge in [0.15, 0.2) is 0 Å². The van der Waals surface area contributed by atoms with Gasteiger partial charge in [-0.25, -0.2) is 9.97 Å². The molecule has 4 fully saturated rings. The van der Waals surface area contributed by atoms with Gasteiger partial charge < -0.3 is 20.7 Å². The van der Waals surface area contributed by atoms with Crippen LogP contribution in [-0.2, 0) is 6.18 Å². The van der Waals surface area contributed by atoms with E-state index in [1.54, 1.807) is 18.3 Å². The second-order valence-corrected chi connectivity index (χ2v) is 9.57. The van der Waals surface area contributed by atoms with Crippen molar-refractivity contribution in [1.82, 2.24) is 19.9 Å². The first-order chi connectivity index (χ1) is 15.2. The highest BCUT2D eigenvalue weighted by molar-refractivity contribution is 5.80. The van der Waals surface area contributed by atoms with Gasteiger partial charge >= 0.3 is 6.18 Å². The number of aliphatic hydroxyl groups is 1. The Kier molecular flexibility index (Phi) is 4.21. The number of aromatic nitrogens is 4. The third kappa shape index (κ3) is 3.46. The van der Waals surface area contributed by atoms with Crippen molar-refractivity contribution in [1.29, 1.82) is 0 Å². The van der Waals surface area contributed by atoms with Gasteiger partial charge in [-0.3, -0.25) is 0 Å². The summed E-state index contributed by atoms with van der Waals surface area (Å²) in [5.41, 5.74) is 0.597. The molecule has 0 saturated heterocycles. The number of rotatable bonds is 4. The van der Waals surface area contributed by atoms with E-state index in [9.17, 15) is 18.3 Å². The molecule has 4 saturated carbocycles. The number of benzene rings is 1. The van der Waals surface area contributed by atoms with E-state index in [-0.39, 0.29) is 17.1 Å². The van der Waals surface area contributed by atoms with Crippen LogP contribution in [0.2, 0.25) is 0 Å². The third-order valence-electron chi connectivity index (χ3n) is 7.22. The highest BCUT2D eigenvalue weighted by Gasteiger charge is 2.54. The first-order valence-electron chi connectivity index (χ1n) is 10.9. The molecule has 7 rings (SSSR count). The summed E-state index contributed by atoms with van der Waals surface area (Å²) in [4.78, 5) is 14.7. The minimum Gasteiger partial charge on any atom is -0.390 e. The summed E-state index contributed by atoms with van der Waals surface area (Å²) in [7, 11) is 0. The lowest BCUT2D eigenvalue weighted by atomic mass is 9.52. The fraction of sp³-hybridized carbons (Fsp3) is 0.500. The normalized spacial score (nSPS) is 31.2. The Labute approximate surface area is 181 Å². The molecule has 0 amide bonds. The van der Waals surface area contributed by atoms with Crippen molar-refractivity contribution >= 4 is 28.5 Å². The Morgan fingerprint density at radius 2 is 1.84 bits per heavy atom. The van der Waals surface area contributed by atoms with Crippen LogP contribution in [0, 0.1) is 17.8 Å². The van der Waals surface area contributed by atoms with Crippen LogP contribution in [0.5, 0.6) is 0 Å². The molecule has 0 radical (unpaired) electrons. The largest absolute Gasteiger partial charge is 0.449 e. The van der Waals surface area contributed by atoms with Gasteiger partial charge in [-0.1, -0.05) is 0 Å². The molecule has 32 heavy (non-hydrogen) atoms. The summed E-state index contributed by atoms with van der Waals surface area (Å²) in [6.07, 6.45) is 2.06. The molecule has 2 unspecified atom stereocenters. The van der Waals surface area contributed by atoms with E-state index >= 15 is 0 Å². The van der Waals surface area contributed by atoms with Crippen LogP contribution in [0.25, 0.3) is 11.0 Å². The highest BCUT2D eigenvalue weighted by Crippen LogP contribution is 2.56. The van der Waals surface area contributed by atoms with Crippen molar-refractivity contribution in [3.05, 3.63) is 36.3 Å². The molecule has 4 bridgehead atoms. The van der Waals surface area contributed by atoms with E-state index < -0.39 is 17.6 Å². The lowest BCUT2D eigenvalue weighted by molar-refractivity contribution is -0.144. The number of hydrogen-bond acceptors (Lipinski definition) is 6. The Balaban J connectivity index is 1.19. The van der Waals surface area contributed by atoms with Crippen LogP contribution in [0.3, 0.4) is 0 Å². The highest BCUT2D eigenvalue weighted by atomic mass is 19.4. The maximum absolute atomic E-state index is 12.9. The molecular formula is C22H23F3N6O. The monoisotopic (exact) mass is 444 g/mol. The molecule has 4 aliphatic rings. The molecule has 168 valence electrons. The lowest BCUT2D eigenvalue weighted by Gasteiger charge is -2.58. The SMILES string of the molecule is OC12CC3CC(C1)C(Nc1ccnc(Nc4ccc5nc(C(F)(F)F)[nH]c5c4)n1)C(C3)C2. The second kappa shape index (κ2) is 6.81. The zero-order chi connectivity index (χ0) is 22.1. The lowest BCUT2D eigenvalue weighted by Crippen LogP contribution is -2.59. The molecule has 2 aromatic heterocycles. The van der Waals surface area contributed by atoms with E-state index in [4.69, 9.17) is 0 Å². The Morgan fingerprint density at radius 1 is 1.06 bits per heavy atom. The van der Waals surface area contributed by atoms with Crippen LogP contribution in [0.15, 0.2) is 30.5 Å². The molecule has 0 spiro atoms. The summed E-state index contributed by atoms with van der Waals surface area (Å²) in [6, 6.07) is 6.82. The quantitative estimate of drug-likeness (QED) is 0.474. The fourth-order valence-corrected chi connectivity index (χ4v) is 6.24. The second-order valence-electron chi connectivity index (χ2n) is 9.57. The van der Waals surface area contributed by atoms with Crippen molar-refractivity contribution in [2.75, 3.05) is 10.6 Å². The van der Waals surface area contributed by atoms with Crippen molar-refractivity contribution in [2.45, 2.75) is 49.9 Å². The maximum atomic E-state index is 12.9. The standard InChI is InChI=1S/C22H23F3N6O/c23-22(24,25)19-28-15-2-1-14(7-16(15)29-19)27-20-26-4-3-17(31-20)30-18-12-5-11-6-13(18)10-21(32,8-11)9-12/h1-4,7,11-13,18,32H,5-6,8-10H2,(H,28,29)(H2,26,27,30,31). The number of halogens is 3. The fourth-order valence-electron chi connectivity index (χ4n) is 6.24. The number of aromatic amines is 1. The van der Waals surface area contributed by atoms with Crippen molar-refractivity contribution < 1.29 is 18.3 Å². The van der Waals surface area contributed by atoms with E-state index in [0.29, 0.717) is 35.2 Å². The van der Waals surface area contributed by atoms with Crippen LogP contribution >= 0.6 is 0 Å². The number of anilines is 3. The smallest absolute Gasteiger partial charge is 0.390 e. The van der Waals surface area contributed by atoms with E-state index in [0.717, 1.165) is 32.1 Å². The van der Waals surface area contributed by atoms with E-state index in [1.807, 2.05) is 6.07 Å². The summed E-state index contributed by atoms with van der Waals surface area (Å²) >= 11 is 0. The number of H-pyrrole nitrogens is 1. The summed E-state index contributed by atoms with van der Waals surface area (Å²) in [6.45, 7) is 0. The topological polar surface area (TPSA) is 98.7 Å². The molecule has 2 heterocycles. The van der Waals surface area contributed by atoms with Gasteiger partial charge in [0.2, 0.25) is 11.8 Å². The molecule has 2 atom stereocenters. The predicted molar refractivity (Wildman–Crippen MR) is 112 cm³/mol. The Hall–Kier alpha value is -2.88. The summed E-state index contributed by atoms with van der Waals surface area (Å²) in [5.74, 6) is 1.56. The number of fused-ring (bicyclic) bond motifs is 1. The van der Waals surface area contributed by atoms with Crippen LogP contribution in [0.4, 0.5) is 30.6 Å². The number of imidazole rings is 1. The number of alkyl halides is 3. The molecule has 3 aromatic rings.